The van der Waals surface area contributed by atoms with Gasteiger partial charge in [0, 0.05) is 56.5 Å². The van der Waals surface area contributed by atoms with E-state index in [9.17, 15) is 4.79 Å². The Balaban J connectivity index is 1.20. The predicted molar refractivity (Wildman–Crippen MR) is 120 cm³/mol. The number of halogens is 2. The molecule has 1 atom stereocenters. The van der Waals surface area contributed by atoms with Crippen molar-refractivity contribution < 1.29 is 4.79 Å². The Labute approximate surface area is 185 Å². The van der Waals surface area contributed by atoms with Gasteiger partial charge in [-0.3, -0.25) is 9.69 Å². The summed E-state index contributed by atoms with van der Waals surface area (Å²) in [5.41, 5.74) is 7.89. The van der Waals surface area contributed by atoms with E-state index in [2.05, 4.69) is 20.1 Å². The summed E-state index contributed by atoms with van der Waals surface area (Å²) < 4.78 is 0. The number of rotatable bonds is 5. The van der Waals surface area contributed by atoms with E-state index in [4.69, 9.17) is 28.9 Å². The summed E-state index contributed by atoms with van der Waals surface area (Å²) in [5, 5.41) is 5.01. The third kappa shape index (κ3) is 4.97. The van der Waals surface area contributed by atoms with Crippen molar-refractivity contribution in [1.82, 2.24) is 15.2 Å². The van der Waals surface area contributed by atoms with E-state index in [0.29, 0.717) is 21.6 Å². The standard InChI is InChI=1S/C20H25Cl2N5OS/c21-14-2-1-3-16(19(14)22)27-10-8-26(9-11-27)7-6-18(28)24-13-4-5-15-17(12-13)29-20(23)25-15/h1-3,13H,4-12H2,(H2,23,25)(H,24,28)/t13-/m0/s1. The third-order valence-corrected chi connectivity index (χ3v) is 7.38. The first-order valence-electron chi connectivity index (χ1n) is 9.94. The Kier molecular flexibility index (Phi) is 6.49. The normalized spacial score (nSPS) is 19.8. The highest BCUT2D eigenvalue weighted by atomic mass is 35.5. The van der Waals surface area contributed by atoms with E-state index >= 15 is 0 Å². The molecule has 1 amide bonds. The molecule has 3 N–H and O–H groups in total. The Morgan fingerprint density at radius 3 is 2.86 bits per heavy atom. The zero-order valence-electron chi connectivity index (χ0n) is 16.2. The van der Waals surface area contributed by atoms with Gasteiger partial charge in [-0.25, -0.2) is 4.98 Å². The van der Waals surface area contributed by atoms with Crippen molar-refractivity contribution in [3.8, 4) is 0 Å². The maximum Gasteiger partial charge on any atom is 0.221 e. The van der Waals surface area contributed by atoms with Crippen LogP contribution in [-0.2, 0) is 17.6 Å². The summed E-state index contributed by atoms with van der Waals surface area (Å²) in [7, 11) is 0. The number of fused-ring (bicyclic) bond motifs is 1. The lowest BCUT2D eigenvalue weighted by Gasteiger charge is -2.36. The van der Waals surface area contributed by atoms with Gasteiger partial charge in [0.05, 0.1) is 21.4 Å². The number of hydrogen-bond acceptors (Lipinski definition) is 6. The number of thiazole rings is 1. The molecule has 1 aliphatic carbocycles. The lowest BCUT2D eigenvalue weighted by Crippen LogP contribution is -2.48. The third-order valence-electron chi connectivity index (χ3n) is 5.62. The average molecular weight is 454 g/mol. The molecule has 1 aromatic carbocycles. The summed E-state index contributed by atoms with van der Waals surface area (Å²) in [6.45, 7) is 4.33. The van der Waals surface area contributed by atoms with Gasteiger partial charge in [-0.1, -0.05) is 29.3 Å². The maximum atomic E-state index is 12.4. The number of anilines is 2. The van der Waals surface area contributed by atoms with Crippen LogP contribution < -0.4 is 16.0 Å². The number of nitrogens with one attached hydrogen (secondary N) is 1. The first-order valence-corrected chi connectivity index (χ1v) is 11.5. The van der Waals surface area contributed by atoms with Crippen molar-refractivity contribution in [2.24, 2.45) is 0 Å². The number of hydrogen-bond donors (Lipinski definition) is 2. The molecule has 9 heteroatoms. The monoisotopic (exact) mass is 453 g/mol. The van der Waals surface area contributed by atoms with Crippen LogP contribution in [-0.4, -0.2) is 54.6 Å². The van der Waals surface area contributed by atoms with Gasteiger partial charge in [-0.2, -0.15) is 0 Å². The lowest BCUT2D eigenvalue weighted by atomic mass is 9.97. The molecule has 1 aliphatic heterocycles. The first-order chi connectivity index (χ1) is 14.0. The molecule has 4 rings (SSSR count). The molecule has 2 aliphatic rings. The number of benzene rings is 1. The second-order valence-electron chi connectivity index (χ2n) is 7.58. The fraction of sp³-hybridized carbons (Fsp3) is 0.500. The van der Waals surface area contributed by atoms with Gasteiger partial charge in [0.25, 0.3) is 0 Å². The summed E-state index contributed by atoms with van der Waals surface area (Å²) in [6, 6.07) is 5.93. The van der Waals surface area contributed by atoms with Crippen LogP contribution in [0.15, 0.2) is 18.2 Å². The van der Waals surface area contributed by atoms with Gasteiger partial charge >= 0.3 is 0 Å². The highest BCUT2D eigenvalue weighted by molar-refractivity contribution is 7.15. The van der Waals surface area contributed by atoms with Gasteiger partial charge in [0.1, 0.15) is 0 Å². The number of aryl methyl sites for hydroxylation is 1. The fourth-order valence-corrected chi connectivity index (χ4v) is 5.40. The minimum atomic E-state index is 0.122. The maximum absolute atomic E-state index is 12.4. The molecule has 0 bridgehead atoms. The molecule has 1 fully saturated rings. The Hall–Kier alpha value is -1.54. The second-order valence-corrected chi connectivity index (χ2v) is 9.48. The summed E-state index contributed by atoms with van der Waals surface area (Å²) in [6.07, 6.45) is 3.18. The zero-order valence-corrected chi connectivity index (χ0v) is 18.5. The lowest BCUT2D eigenvalue weighted by molar-refractivity contribution is -0.122. The molecule has 0 radical (unpaired) electrons. The van der Waals surface area contributed by atoms with Gasteiger partial charge in [-0.05, 0) is 25.0 Å². The van der Waals surface area contributed by atoms with Crippen LogP contribution in [0.25, 0.3) is 0 Å². The predicted octanol–water partition coefficient (Wildman–Crippen LogP) is 3.22. The van der Waals surface area contributed by atoms with Crippen LogP contribution in [0.3, 0.4) is 0 Å². The molecule has 29 heavy (non-hydrogen) atoms. The molecule has 0 unspecified atom stereocenters. The Morgan fingerprint density at radius 1 is 1.28 bits per heavy atom. The zero-order chi connectivity index (χ0) is 20.4. The average Bonchev–Trinajstić information content (AvgIpc) is 3.08. The number of carbonyl (C=O) groups is 1. The topological polar surface area (TPSA) is 74.5 Å². The molecule has 1 aromatic heterocycles. The van der Waals surface area contributed by atoms with E-state index in [1.54, 1.807) is 17.4 Å². The van der Waals surface area contributed by atoms with E-state index < -0.39 is 0 Å². The van der Waals surface area contributed by atoms with Crippen molar-refractivity contribution in [2.45, 2.75) is 31.7 Å². The number of carbonyl (C=O) groups excluding carboxylic acids is 1. The Morgan fingerprint density at radius 2 is 2.07 bits per heavy atom. The number of piperazine rings is 1. The van der Waals surface area contributed by atoms with E-state index in [1.165, 1.54) is 4.88 Å². The Bertz CT molecular complexity index is 882. The summed E-state index contributed by atoms with van der Waals surface area (Å²) in [4.78, 5) is 22.6. The van der Waals surface area contributed by atoms with E-state index in [0.717, 1.165) is 63.4 Å². The van der Waals surface area contributed by atoms with E-state index in [-0.39, 0.29) is 11.9 Å². The molecule has 6 nitrogen and oxygen atoms in total. The quantitative estimate of drug-likeness (QED) is 0.726. The molecule has 1 saturated heterocycles. The molecule has 2 heterocycles. The fourth-order valence-electron chi connectivity index (χ4n) is 4.03. The van der Waals surface area contributed by atoms with Crippen molar-refractivity contribution >= 4 is 51.3 Å². The van der Waals surface area contributed by atoms with Crippen molar-refractivity contribution in [3.05, 3.63) is 38.8 Å². The van der Waals surface area contributed by atoms with Crippen molar-refractivity contribution in [3.63, 3.8) is 0 Å². The van der Waals surface area contributed by atoms with Crippen molar-refractivity contribution in [2.75, 3.05) is 43.4 Å². The van der Waals surface area contributed by atoms with Gasteiger partial charge < -0.3 is 16.0 Å². The molecule has 0 saturated carbocycles. The highest BCUT2D eigenvalue weighted by Crippen LogP contribution is 2.33. The number of nitrogens with two attached hydrogens (primary N) is 1. The van der Waals surface area contributed by atoms with Gasteiger partial charge in [-0.15, -0.1) is 11.3 Å². The molecule has 156 valence electrons. The van der Waals surface area contributed by atoms with Crippen LogP contribution in [0.2, 0.25) is 10.0 Å². The SMILES string of the molecule is Nc1nc2c(s1)C[C@@H](NC(=O)CCN1CCN(c3cccc(Cl)c3Cl)CC1)CC2. The largest absolute Gasteiger partial charge is 0.375 e. The minimum absolute atomic E-state index is 0.122. The van der Waals surface area contributed by atoms with Crippen LogP contribution in [0.5, 0.6) is 0 Å². The first kappa shape index (κ1) is 20.7. The van der Waals surface area contributed by atoms with Gasteiger partial charge in [0.2, 0.25) is 5.91 Å². The van der Waals surface area contributed by atoms with Crippen LogP contribution in [0, 0.1) is 0 Å². The number of nitrogen functional groups attached to an aromatic ring is 1. The highest BCUT2D eigenvalue weighted by Gasteiger charge is 2.24. The number of amides is 1. The van der Waals surface area contributed by atoms with Crippen molar-refractivity contribution in [1.29, 1.82) is 0 Å². The molecular weight excluding hydrogens is 429 g/mol. The van der Waals surface area contributed by atoms with Crippen LogP contribution in [0.1, 0.15) is 23.4 Å². The van der Waals surface area contributed by atoms with Crippen LogP contribution in [0.4, 0.5) is 10.8 Å². The molecular formula is C20H25Cl2N5OS. The second kappa shape index (κ2) is 9.08. The number of aromatic nitrogens is 1. The summed E-state index contributed by atoms with van der Waals surface area (Å²) in [5.74, 6) is 0.122. The summed E-state index contributed by atoms with van der Waals surface area (Å²) >= 11 is 14.0. The smallest absolute Gasteiger partial charge is 0.221 e. The minimum Gasteiger partial charge on any atom is -0.375 e. The molecule has 2 aromatic rings. The molecule has 0 spiro atoms. The van der Waals surface area contributed by atoms with Crippen LogP contribution >= 0.6 is 34.5 Å². The van der Waals surface area contributed by atoms with E-state index in [1.807, 2.05) is 12.1 Å². The number of nitrogens with zero attached hydrogens (tertiary/aromatic N) is 3. The van der Waals surface area contributed by atoms with Gasteiger partial charge in [0.15, 0.2) is 5.13 Å².